The minimum Gasteiger partial charge on any atom is -0.334 e. The maximum Gasteiger partial charge on any atom is 0.272 e. The van der Waals surface area contributed by atoms with Crippen LogP contribution in [0.15, 0.2) is 36.4 Å². The molecule has 2 aromatic rings. The van der Waals surface area contributed by atoms with Crippen molar-refractivity contribution in [1.29, 1.82) is 0 Å². The number of piperazine rings is 1. The largest absolute Gasteiger partial charge is 0.334 e. The summed E-state index contributed by atoms with van der Waals surface area (Å²) in [5.74, 6) is 0.0269. The number of halogens is 1. The summed E-state index contributed by atoms with van der Waals surface area (Å²) in [6, 6.07) is 12.0. The second-order valence-electron chi connectivity index (χ2n) is 5.00. The molecular weight excluding hydrogens is 274 g/mol. The summed E-state index contributed by atoms with van der Waals surface area (Å²) in [6.45, 7) is 4.43. The lowest BCUT2D eigenvalue weighted by Gasteiger charge is -2.31. The SMILES string of the molecule is C[C@@H]1CN(C(=O)c2ccc3ccccc3n2)CCN1.Cl. The topological polar surface area (TPSA) is 45.2 Å². The van der Waals surface area contributed by atoms with Crippen molar-refractivity contribution >= 4 is 29.2 Å². The maximum absolute atomic E-state index is 12.4. The standard InChI is InChI=1S/C15H17N3O.ClH/c1-11-10-18(9-8-16-11)15(19)14-7-6-12-4-2-3-5-13(12)17-14;/h2-7,11,16H,8-10H2,1H3;1H/t11-;/m1./s1. The molecule has 2 heterocycles. The Morgan fingerprint density at radius 1 is 1.30 bits per heavy atom. The molecule has 4 nitrogen and oxygen atoms in total. The van der Waals surface area contributed by atoms with E-state index in [1.54, 1.807) is 0 Å². The molecule has 1 saturated heterocycles. The molecule has 1 aliphatic rings. The van der Waals surface area contributed by atoms with Gasteiger partial charge in [-0.25, -0.2) is 4.98 Å². The van der Waals surface area contributed by atoms with Crippen molar-refractivity contribution in [2.75, 3.05) is 19.6 Å². The summed E-state index contributed by atoms with van der Waals surface area (Å²) in [4.78, 5) is 18.8. The number of amides is 1. The molecule has 20 heavy (non-hydrogen) atoms. The summed E-state index contributed by atoms with van der Waals surface area (Å²) in [5, 5.41) is 4.40. The van der Waals surface area contributed by atoms with Crippen molar-refractivity contribution in [1.82, 2.24) is 15.2 Å². The van der Waals surface area contributed by atoms with Gasteiger partial charge >= 0.3 is 0 Å². The molecule has 0 aliphatic carbocycles. The van der Waals surface area contributed by atoms with Gasteiger partial charge in [-0.2, -0.15) is 0 Å². The fourth-order valence-corrected chi connectivity index (χ4v) is 2.46. The molecule has 1 aliphatic heterocycles. The van der Waals surface area contributed by atoms with Crippen LogP contribution in [0.3, 0.4) is 0 Å². The Hall–Kier alpha value is -1.65. The Morgan fingerprint density at radius 2 is 2.10 bits per heavy atom. The van der Waals surface area contributed by atoms with Crippen LogP contribution < -0.4 is 5.32 Å². The summed E-state index contributed by atoms with van der Waals surface area (Å²) in [6.07, 6.45) is 0. The molecule has 5 heteroatoms. The van der Waals surface area contributed by atoms with Crippen LogP contribution in [0.4, 0.5) is 0 Å². The number of rotatable bonds is 1. The van der Waals surface area contributed by atoms with Gasteiger partial charge in [0, 0.05) is 31.1 Å². The van der Waals surface area contributed by atoms with Crippen LogP contribution in [-0.4, -0.2) is 41.5 Å². The maximum atomic E-state index is 12.4. The van der Waals surface area contributed by atoms with Crippen LogP contribution in [0.5, 0.6) is 0 Å². The molecule has 1 fully saturated rings. The van der Waals surface area contributed by atoms with Gasteiger partial charge in [-0.15, -0.1) is 12.4 Å². The van der Waals surface area contributed by atoms with Crippen molar-refractivity contribution in [3.63, 3.8) is 0 Å². The smallest absolute Gasteiger partial charge is 0.272 e. The predicted octanol–water partition coefficient (Wildman–Crippen LogP) is 2.09. The number of para-hydroxylation sites is 1. The summed E-state index contributed by atoms with van der Waals surface area (Å²) in [5.41, 5.74) is 1.41. The quantitative estimate of drug-likeness (QED) is 0.875. The third kappa shape index (κ3) is 2.92. The first-order valence-corrected chi connectivity index (χ1v) is 6.62. The van der Waals surface area contributed by atoms with Crippen LogP contribution in [-0.2, 0) is 0 Å². The number of aromatic nitrogens is 1. The highest BCUT2D eigenvalue weighted by atomic mass is 35.5. The molecule has 1 aromatic carbocycles. The van der Waals surface area contributed by atoms with Gasteiger partial charge in [0.15, 0.2) is 0 Å². The zero-order valence-electron chi connectivity index (χ0n) is 11.4. The Bertz CT molecular complexity index is 617. The number of carbonyl (C=O) groups is 1. The zero-order valence-corrected chi connectivity index (χ0v) is 12.2. The Morgan fingerprint density at radius 3 is 2.90 bits per heavy atom. The normalized spacial score (nSPS) is 18.6. The van der Waals surface area contributed by atoms with Gasteiger partial charge in [0.1, 0.15) is 5.69 Å². The summed E-state index contributed by atoms with van der Waals surface area (Å²) < 4.78 is 0. The fourth-order valence-electron chi connectivity index (χ4n) is 2.46. The number of carbonyl (C=O) groups excluding carboxylic acids is 1. The molecule has 1 aromatic heterocycles. The number of nitrogens with zero attached hydrogens (tertiary/aromatic N) is 2. The van der Waals surface area contributed by atoms with Gasteiger partial charge in [0.05, 0.1) is 5.52 Å². The van der Waals surface area contributed by atoms with E-state index in [2.05, 4.69) is 17.2 Å². The molecule has 1 amide bonds. The molecule has 3 rings (SSSR count). The number of fused-ring (bicyclic) bond motifs is 1. The Balaban J connectivity index is 0.00000147. The molecule has 0 spiro atoms. The monoisotopic (exact) mass is 291 g/mol. The van der Waals surface area contributed by atoms with Crippen molar-refractivity contribution < 1.29 is 4.79 Å². The molecular formula is C15H18ClN3O. The van der Waals surface area contributed by atoms with Gasteiger partial charge in [0.2, 0.25) is 0 Å². The zero-order chi connectivity index (χ0) is 13.2. The molecule has 106 valence electrons. The lowest BCUT2D eigenvalue weighted by Crippen LogP contribution is -2.51. The van der Waals surface area contributed by atoms with E-state index in [1.807, 2.05) is 41.3 Å². The second kappa shape index (κ2) is 6.20. The minimum atomic E-state index is 0. The van der Waals surface area contributed by atoms with Crippen molar-refractivity contribution in [3.05, 3.63) is 42.1 Å². The Kier molecular flexibility index (Phi) is 4.57. The first-order chi connectivity index (χ1) is 9.24. The highest BCUT2D eigenvalue weighted by molar-refractivity contribution is 5.95. The first kappa shape index (κ1) is 14.8. The number of benzene rings is 1. The van der Waals surface area contributed by atoms with Gasteiger partial charge in [-0.05, 0) is 19.1 Å². The molecule has 0 saturated carbocycles. The highest BCUT2D eigenvalue weighted by Crippen LogP contribution is 2.13. The second-order valence-corrected chi connectivity index (χ2v) is 5.00. The van der Waals surface area contributed by atoms with E-state index in [0.717, 1.165) is 30.5 Å². The van der Waals surface area contributed by atoms with E-state index in [-0.39, 0.29) is 18.3 Å². The van der Waals surface area contributed by atoms with E-state index in [4.69, 9.17) is 0 Å². The van der Waals surface area contributed by atoms with E-state index in [0.29, 0.717) is 11.7 Å². The summed E-state index contributed by atoms with van der Waals surface area (Å²) in [7, 11) is 0. The number of nitrogens with one attached hydrogen (secondary N) is 1. The van der Waals surface area contributed by atoms with E-state index < -0.39 is 0 Å². The van der Waals surface area contributed by atoms with Crippen LogP contribution >= 0.6 is 12.4 Å². The molecule has 0 unspecified atom stereocenters. The lowest BCUT2D eigenvalue weighted by atomic mass is 10.1. The number of hydrogen-bond acceptors (Lipinski definition) is 3. The van der Waals surface area contributed by atoms with Crippen LogP contribution in [0.1, 0.15) is 17.4 Å². The van der Waals surface area contributed by atoms with Crippen LogP contribution in [0, 0.1) is 0 Å². The highest BCUT2D eigenvalue weighted by Gasteiger charge is 2.22. The van der Waals surface area contributed by atoms with Gasteiger partial charge in [0.25, 0.3) is 5.91 Å². The van der Waals surface area contributed by atoms with E-state index >= 15 is 0 Å². The molecule has 0 radical (unpaired) electrons. The van der Waals surface area contributed by atoms with Crippen molar-refractivity contribution in [3.8, 4) is 0 Å². The number of hydrogen-bond donors (Lipinski definition) is 1. The number of pyridine rings is 1. The average molecular weight is 292 g/mol. The van der Waals surface area contributed by atoms with Crippen LogP contribution in [0.25, 0.3) is 10.9 Å². The minimum absolute atomic E-state index is 0. The lowest BCUT2D eigenvalue weighted by molar-refractivity contribution is 0.0703. The van der Waals surface area contributed by atoms with Crippen LogP contribution in [0.2, 0.25) is 0 Å². The molecule has 1 N–H and O–H groups in total. The third-order valence-electron chi connectivity index (χ3n) is 3.47. The predicted molar refractivity (Wildman–Crippen MR) is 82.4 cm³/mol. The van der Waals surface area contributed by atoms with E-state index in [1.165, 1.54) is 0 Å². The first-order valence-electron chi connectivity index (χ1n) is 6.62. The van der Waals surface area contributed by atoms with Gasteiger partial charge < -0.3 is 10.2 Å². The van der Waals surface area contributed by atoms with E-state index in [9.17, 15) is 4.79 Å². The average Bonchev–Trinajstić information content (AvgIpc) is 2.46. The van der Waals surface area contributed by atoms with Gasteiger partial charge in [-0.3, -0.25) is 4.79 Å². The van der Waals surface area contributed by atoms with Crippen molar-refractivity contribution in [2.45, 2.75) is 13.0 Å². The molecule has 1 atom stereocenters. The Labute approximate surface area is 124 Å². The third-order valence-corrected chi connectivity index (χ3v) is 3.47. The molecule has 0 bridgehead atoms. The van der Waals surface area contributed by atoms with Crippen molar-refractivity contribution in [2.24, 2.45) is 0 Å². The summed E-state index contributed by atoms with van der Waals surface area (Å²) >= 11 is 0. The fraction of sp³-hybridized carbons (Fsp3) is 0.333. The van der Waals surface area contributed by atoms with Gasteiger partial charge in [-0.1, -0.05) is 24.3 Å².